The van der Waals surface area contributed by atoms with Gasteiger partial charge in [-0.1, -0.05) is 55.5 Å². The molecule has 3 aromatic carbocycles. The van der Waals surface area contributed by atoms with E-state index < -0.39 is 0 Å². The van der Waals surface area contributed by atoms with Crippen molar-refractivity contribution in [2.24, 2.45) is 0 Å². The quantitative estimate of drug-likeness (QED) is 0.273. The SMILES string of the molecule is CCc1ccc([C@H]2c3cccn3-c3c(c(C)nn3-c3ccccc3)CN2C(=O)Nc2ccc(C)c(C)c2)cc1. The van der Waals surface area contributed by atoms with Crippen molar-refractivity contribution in [3.63, 3.8) is 0 Å². The number of anilines is 1. The summed E-state index contributed by atoms with van der Waals surface area (Å²) in [6, 6.07) is 28.6. The van der Waals surface area contributed by atoms with Crippen molar-refractivity contribution in [2.75, 3.05) is 5.32 Å². The van der Waals surface area contributed by atoms with Crippen molar-refractivity contribution in [3.8, 4) is 11.5 Å². The molecule has 0 unspecified atom stereocenters. The molecule has 2 amide bonds. The predicted molar refractivity (Wildman–Crippen MR) is 156 cm³/mol. The number of carbonyl (C=O) groups excluding carboxylic acids is 1. The van der Waals surface area contributed by atoms with E-state index in [1.165, 1.54) is 11.1 Å². The van der Waals surface area contributed by atoms with Gasteiger partial charge in [0, 0.05) is 17.4 Å². The van der Waals surface area contributed by atoms with Crippen LogP contribution in [0.3, 0.4) is 0 Å². The lowest BCUT2D eigenvalue weighted by atomic mass is 9.99. The number of hydrogen-bond acceptors (Lipinski definition) is 2. The van der Waals surface area contributed by atoms with Crippen LogP contribution in [-0.2, 0) is 13.0 Å². The minimum absolute atomic E-state index is 0.143. The van der Waals surface area contributed by atoms with Gasteiger partial charge in [-0.2, -0.15) is 5.10 Å². The van der Waals surface area contributed by atoms with E-state index in [1.807, 2.05) is 52.9 Å². The average Bonchev–Trinajstić information content (AvgIpc) is 3.51. The molecule has 1 N–H and O–H groups in total. The Kier molecular flexibility index (Phi) is 6.31. The number of rotatable bonds is 4. The summed E-state index contributed by atoms with van der Waals surface area (Å²) in [7, 11) is 0. The maximum atomic E-state index is 14.1. The number of aromatic nitrogens is 3. The fourth-order valence-electron chi connectivity index (χ4n) is 5.45. The molecular formula is C33H33N5O. The van der Waals surface area contributed by atoms with E-state index in [0.717, 1.165) is 51.7 Å². The van der Waals surface area contributed by atoms with Gasteiger partial charge in [0.1, 0.15) is 5.82 Å². The largest absolute Gasteiger partial charge is 0.322 e. The third-order valence-electron chi connectivity index (χ3n) is 7.81. The van der Waals surface area contributed by atoms with E-state index in [2.05, 4.69) is 85.4 Å². The molecular weight excluding hydrogens is 482 g/mol. The van der Waals surface area contributed by atoms with Crippen molar-refractivity contribution >= 4 is 11.7 Å². The zero-order valence-corrected chi connectivity index (χ0v) is 22.8. The van der Waals surface area contributed by atoms with Crippen molar-refractivity contribution in [1.29, 1.82) is 0 Å². The molecule has 196 valence electrons. The van der Waals surface area contributed by atoms with Gasteiger partial charge < -0.3 is 14.8 Å². The molecule has 6 rings (SSSR count). The molecule has 1 aliphatic rings. The lowest BCUT2D eigenvalue weighted by Crippen LogP contribution is -2.38. The smallest absolute Gasteiger partial charge is 0.308 e. The Bertz CT molecular complexity index is 1650. The van der Waals surface area contributed by atoms with Crippen LogP contribution in [0.1, 0.15) is 52.2 Å². The van der Waals surface area contributed by atoms with Gasteiger partial charge in [-0.05, 0) is 85.8 Å². The number of nitrogens with zero attached hydrogens (tertiary/aromatic N) is 4. The molecule has 0 bridgehead atoms. The van der Waals surface area contributed by atoms with Gasteiger partial charge in [0.15, 0.2) is 0 Å². The first-order valence-corrected chi connectivity index (χ1v) is 13.5. The third-order valence-corrected chi connectivity index (χ3v) is 7.81. The van der Waals surface area contributed by atoms with Crippen LogP contribution in [0.4, 0.5) is 10.5 Å². The van der Waals surface area contributed by atoms with Crippen LogP contribution >= 0.6 is 0 Å². The number of amides is 2. The first-order chi connectivity index (χ1) is 18.9. The van der Waals surface area contributed by atoms with Crippen LogP contribution in [0.2, 0.25) is 0 Å². The van der Waals surface area contributed by atoms with E-state index in [9.17, 15) is 4.79 Å². The molecule has 0 fully saturated rings. The summed E-state index contributed by atoms with van der Waals surface area (Å²) >= 11 is 0. The Balaban J connectivity index is 1.52. The Morgan fingerprint density at radius 3 is 2.41 bits per heavy atom. The second-order valence-electron chi connectivity index (χ2n) is 10.3. The monoisotopic (exact) mass is 515 g/mol. The Labute approximate surface area is 229 Å². The van der Waals surface area contributed by atoms with Crippen molar-refractivity contribution in [1.82, 2.24) is 19.2 Å². The number of urea groups is 1. The van der Waals surface area contributed by atoms with Crippen molar-refractivity contribution in [2.45, 2.75) is 46.7 Å². The molecule has 39 heavy (non-hydrogen) atoms. The van der Waals surface area contributed by atoms with Gasteiger partial charge in [-0.15, -0.1) is 0 Å². The lowest BCUT2D eigenvalue weighted by Gasteiger charge is -2.31. The first kappa shape index (κ1) is 24.7. The van der Waals surface area contributed by atoms with Crippen LogP contribution in [0.25, 0.3) is 11.5 Å². The molecule has 1 atom stereocenters. The van der Waals surface area contributed by atoms with Gasteiger partial charge in [-0.3, -0.25) is 0 Å². The fourth-order valence-corrected chi connectivity index (χ4v) is 5.45. The highest BCUT2D eigenvalue weighted by Crippen LogP contribution is 2.39. The average molecular weight is 516 g/mol. The summed E-state index contributed by atoms with van der Waals surface area (Å²) < 4.78 is 4.19. The normalized spacial score (nSPS) is 14.5. The molecule has 1 aliphatic heterocycles. The topological polar surface area (TPSA) is 55.1 Å². The van der Waals surface area contributed by atoms with Crippen LogP contribution < -0.4 is 5.32 Å². The summed E-state index contributed by atoms with van der Waals surface area (Å²) in [5, 5.41) is 8.13. The maximum Gasteiger partial charge on any atom is 0.322 e. The lowest BCUT2D eigenvalue weighted by molar-refractivity contribution is 0.194. The van der Waals surface area contributed by atoms with Gasteiger partial charge in [0.2, 0.25) is 0 Å². The van der Waals surface area contributed by atoms with Gasteiger partial charge >= 0.3 is 6.03 Å². The molecule has 0 saturated heterocycles. The van der Waals surface area contributed by atoms with E-state index in [1.54, 1.807) is 0 Å². The number of aryl methyl sites for hydroxylation is 4. The summed E-state index contributed by atoms with van der Waals surface area (Å²) in [6.07, 6.45) is 3.04. The number of nitrogens with one attached hydrogen (secondary N) is 1. The molecule has 3 heterocycles. The number of benzene rings is 3. The number of hydrogen-bond donors (Lipinski definition) is 1. The molecule has 0 saturated carbocycles. The summed E-state index contributed by atoms with van der Waals surface area (Å²) in [6.45, 7) is 8.75. The zero-order valence-electron chi connectivity index (χ0n) is 22.8. The van der Waals surface area contributed by atoms with Gasteiger partial charge in [-0.25, -0.2) is 9.48 Å². The number of carbonyl (C=O) groups is 1. The minimum Gasteiger partial charge on any atom is -0.308 e. The third kappa shape index (κ3) is 4.42. The molecule has 6 heteroatoms. The second-order valence-corrected chi connectivity index (χ2v) is 10.3. The summed E-state index contributed by atoms with van der Waals surface area (Å²) in [5.41, 5.74) is 9.41. The highest BCUT2D eigenvalue weighted by atomic mass is 16.2. The summed E-state index contributed by atoms with van der Waals surface area (Å²) in [5.74, 6) is 0.968. The first-order valence-electron chi connectivity index (χ1n) is 13.5. The highest BCUT2D eigenvalue weighted by molar-refractivity contribution is 5.90. The van der Waals surface area contributed by atoms with Crippen molar-refractivity contribution < 1.29 is 4.79 Å². The Morgan fingerprint density at radius 1 is 0.923 bits per heavy atom. The predicted octanol–water partition coefficient (Wildman–Crippen LogP) is 7.29. The fraction of sp³-hybridized carbons (Fsp3) is 0.212. The molecule has 2 aromatic heterocycles. The summed E-state index contributed by atoms with van der Waals surface area (Å²) in [4.78, 5) is 16.1. The second kappa shape index (κ2) is 9.95. The van der Waals surface area contributed by atoms with Crippen LogP contribution in [0, 0.1) is 20.8 Å². The number of para-hydroxylation sites is 1. The van der Waals surface area contributed by atoms with E-state index in [-0.39, 0.29) is 12.1 Å². The van der Waals surface area contributed by atoms with E-state index >= 15 is 0 Å². The number of fused-ring (bicyclic) bond motifs is 3. The highest BCUT2D eigenvalue weighted by Gasteiger charge is 2.36. The molecule has 0 radical (unpaired) electrons. The van der Waals surface area contributed by atoms with Crippen LogP contribution in [0.5, 0.6) is 0 Å². The van der Waals surface area contributed by atoms with Crippen LogP contribution in [0.15, 0.2) is 91.1 Å². The van der Waals surface area contributed by atoms with Gasteiger partial charge in [0.25, 0.3) is 0 Å². The van der Waals surface area contributed by atoms with Gasteiger partial charge in [0.05, 0.1) is 29.7 Å². The molecule has 6 nitrogen and oxygen atoms in total. The van der Waals surface area contributed by atoms with E-state index in [4.69, 9.17) is 5.10 Å². The zero-order chi connectivity index (χ0) is 27.1. The Hall–Kier alpha value is -4.58. The minimum atomic E-state index is -0.284. The van der Waals surface area contributed by atoms with Crippen molar-refractivity contribution in [3.05, 3.63) is 130 Å². The standard InChI is InChI=1S/C33H33N5O/c1-5-25-14-16-26(17-15-25)31-30-12-9-19-36(30)32-29(24(4)35-38(32)28-10-7-6-8-11-28)21-37(31)33(39)34-27-18-13-22(2)23(3)20-27/h6-20,31H,5,21H2,1-4H3,(H,34,39)/t31-/m0/s1. The van der Waals surface area contributed by atoms with E-state index in [0.29, 0.717) is 6.54 Å². The molecule has 5 aromatic rings. The Morgan fingerprint density at radius 2 is 1.69 bits per heavy atom. The molecule has 0 aliphatic carbocycles. The molecule has 0 spiro atoms. The van der Waals surface area contributed by atoms with Crippen LogP contribution in [-0.4, -0.2) is 25.3 Å². The maximum absolute atomic E-state index is 14.1.